The third kappa shape index (κ3) is 7.82. The molecule has 51 heavy (non-hydrogen) atoms. The number of likely N-dealkylation sites (tertiary alicyclic amines) is 1. The van der Waals surface area contributed by atoms with Gasteiger partial charge in [0.25, 0.3) is 5.91 Å². The van der Waals surface area contributed by atoms with Crippen LogP contribution in [0.4, 0.5) is 10.1 Å². The molecule has 268 valence electrons. The third-order valence-electron chi connectivity index (χ3n) is 10.2. The predicted molar refractivity (Wildman–Crippen MR) is 191 cm³/mol. The van der Waals surface area contributed by atoms with Crippen molar-refractivity contribution in [2.45, 2.75) is 89.9 Å². The Balaban J connectivity index is 1.23. The van der Waals surface area contributed by atoms with Crippen molar-refractivity contribution in [3.8, 4) is 6.07 Å². The van der Waals surface area contributed by atoms with E-state index in [9.17, 15) is 24.4 Å². The Morgan fingerprint density at radius 2 is 1.86 bits per heavy atom. The molecule has 2 aromatic carbocycles. The number of para-hydroxylation sites is 1. The van der Waals surface area contributed by atoms with E-state index in [1.807, 2.05) is 26.8 Å². The number of fused-ring (bicyclic) bond motifs is 1. The molecule has 2 heterocycles. The van der Waals surface area contributed by atoms with Crippen molar-refractivity contribution in [1.82, 2.24) is 24.9 Å². The van der Waals surface area contributed by atoms with E-state index in [1.165, 1.54) is 15.9 Å². The van der Waals surface area contributed by atoms with Crippen LogP contribution in [-0.4, -0.2) is 74.9 Å². The van der Waals surface area contributed by atoms with E-state index < -0.39 is 52.5 Å². The van der Waals surface area contributed by atoms with Crippen molar-refractivity contribution in [2.75, 3.05) is 18.9 Å². The molecule has 2 N–H and O–H groups in total. The molecule has 3 aromatic rings. The van der Waals surface area contributed by atoms with Crippen molar-refractivity contribution < 1.29 is 23.6 Å². The topological polar surface area (TPSA) is 140 Å². The fraction of sp³-hybridized carbons (Fsp3) is 0.487. The molecule has 1 aromatic heterocycles. The lowest BCUT2D eigenvalue weighted by atomic mass is 9.84. The summed E-state index contributed by atoms with van der Waals surface area (Å²) < 4.78 is 16.9. The number of anilines is 1. The molecule has 0 radical (unpaired) electrons. The molecule has 0 spiro atoms. The summed E-state index contributed by atoms with van der Waals surface area (Å²) in [6.07, 6.45) is 7.72. The fourth-order valence-corrected chi connectivity index (χ4v) is 6.94. The average molecular weight is 696 g/mol. The first-order valence-electron chi connectivity index (χ1n) is 17.7. The number of carbonyl (C=O) groups is 4. The normalized spacial score (nSPS) is 21.4. The Bertz CT molecular complexity index is 1890. The van der Waals surface area contributed by atoms with Crippen LogP contribution in [-0.2, 0) is 14.4 Å². The van der Waals surface area contributed by atoms with Gasteiger partial charge in [-0.05, 0) is 61.3 Å². The Kier molecular flexibility index (Phi) is 9.77. The number of hydrogen-bond acceptors (Lipinski definition) is 6. The molecule has 4 amide bonds. The number of carbonyl (C=O) groups excluding carboxylic acids is 4. The Morgan fingerprint density at radius 3 is 2.47 bits per heavy atom. The zero-order valence-electron chi connectivity index (χ0n) is 29.7. The Labute approximate surface area is 297 Å². The van der Waals surface area contributed by atoms with E-state index in [4.69, 9.17) is 0 Å². The van der Waals surface area contributed by atoms with E-state index in [0.29, 0.717) is 17.5 Å². The SMILES string of the molecule is C=C[C@]1(C(=O)Nc2ccccc2)C[C@@H](C#N)N(C(=O)[C@H](CC(C)(C)C)N(C)C(=O)[C@H](CC2CC2)NC(=O)c2cc(F)c3nn(C4CC4)cc3c2)C1. The van der Waals surface area contributed by atoms with Crippen LogP contribution in [0.25, 0.3) is 10.9 Å². The number of nitriles is 1. The average Bonchev–Trinajstić information content (AvgIpc) is 4.04. The number of nitrogens with zero attached hydrogens (tertiary/aromatic N) is 5. The molecule has 3 aliphatic rings. The molecule has 3 fully saturated rings. The number of likely N-dealkylation sites (N-methyl/N-ethyl adjacent to an activating group) is 1. The van der Waals surface area contributed by atoms with Crippen LogP contribution in [0.2, 0.25) is 0 Å². The van der Waals surface area contributed by atoms with Gasteiger partial charge in [0, 0.05) is 42.8 Å². The number of nitrogens with one attached hydrogen (secondary N) is 2. The van der Waals surface area contributed by atoms with E-state index in [-0.39, 0.29) is 48.3 Å². The van der Waals surface area contributed by atoms with Crippen molar-refractivity contribution >= 4 is 40.2 Å². The van der Waals surface area contributed by atoms with Gasteiger partial charge >= 0.3 is 0 Å². The van der Waals surface area contributed by atoms with E-state index >= 15 is 4.39 Å². The lowest BCUT2D eigenvalue weighted by Crippen LogP contribution is -2.56. The van der Waals surface area contributed by atoms with Gasteiger partial charge in [-0.15, -0.1) is 6.58 Å². The lowest BCUT2D eigenvalue weighted by molar-refractivity contribution is -0.147. The molecule has 0 bridgehead atoms. The van der Waals surface area contributed by atoms with Crippen molar-refractivity contribution in [3.05, 3.63) is 72.7 Å². The van der Waals surface area contributed by atoms with Crippen molar-refractivity contribution in [1.29, 1.82) is 5.26 Å². The quantitative estimate of drug-likeness (QED) is 0.236. The van der Waals surface area contributed by atoms with Crippen LogP contribution < -0.4 is 10.6 Å². The van der Waals surface area contributed by atoms with Gasteiger partial charge in [-0.1, -0.05) is 57.9 Å². The van der Waals surface area contributed by atoms with Gasteiger partial charge in [-0.2, -0.15) is 10.4 Å². The summed E-state index contributed by atoms with van der Waals surface area (Å²) in [5.74, 6) is -2.26. The maximum absolute atomic E-state index is 15.1. The summed E-state index contributed by atoms with van der Waals surface area (Å²) in [6.45, 7) is 9.70. The van der Waals surface area contributed by atoms with Crippen LogP contribution in [0.3, 0.4) is 0 Å². The zero-order valence-corrected chi connectivity index (χ0v) is 29.7. The van der Waals surface area contributed by atoms with Crippen LogP contribution >= 0.6 is 0 Å². The minimum absolute atomic E-state index is 0.0537. The molecule has 6 rings (SSSR count). The molecule has 12 heteroatoms. The maximum Gasteiger partial charge on any atom is 0.252 e. The molecule has 11 nitrogen and oxygen atoms in total. The number of benzene rings is 2. The van der Waals surface area contributed by atoms with E-state index in [0.717, 1.165) is 31.7 Å². The first kappa shape index (κ1) is 35.8. The zero-order chi connectivity index (χ0) is 36.7. The number of amides is 4. The minimum atomic E-state index is -1.23. The smallest absolute Gasteiger partial charge is 0.252 e. The molecule has 2 saturated carbocycles. The summed E-state index contributed by atoms with van der Waals surface area (Å²) in [6, 6.07) is 11.2. The Hall–Kier alpha value is -5.05. The molecular weight excluding hydrogens is 649 g/mol. The highest BCUT2D eigenvalue weighted by Gasteiger charge is 2.51. The van der Waals surface area contributed by atoms with Gasteiger partial charge in [0.15, 0.2) is 5.82 Å². The monoisotopic (exact) mass is 695 g/mol. The minimum Gasteiger partial charge on any atom is -0.340 e. The standard InChI is InChI=1S/C39H46FN7O4/c1-6-39(37(51)42-27-10-8-7-9-11-27)19-29(21-41)46(23-39)36(50)32(20-38(2,3)4)45(5)35(49)31(16-24-12-13-24)43-34(48)25-17-26-22-47(28-14-15-28)44-33(26)30(40)18-25/h6-11,17-18,22,24,28-29,31-32H,1,12-16,19-20,23H2,2-5H3,(H,42,51)(H,43,48)/t29-,31-,32-,39-/m0/s1. The second-order valence-corrected chi connectivity index (χ2v) is 15.7. The van der Waals surface area contributed by atoms with Crippen molar-refractivity contribution in [3.63, 3.8) is 0 Å². The van der Waals surface area contributed by atoms with E-state index in [1.54, 1.807) is 48.3 Å². The third-order valence-corrected chi connectivity index (χ3v) is 10.2. The van der Waals surface area contributed by atoms with E-state index in [2.05, 4.69) is 28.4 Å². The summed E-state index contributed by atoms with van der Waals surface area (Å²) in [5.41, 5.74) is -0.781. The number of hydrogen-bond donors (Lipinski definition) is 2. The van der Waals surface area contributed by atoms with Gasteiger partial charge in [0.2, 0.25) is 17.7 Å². The Morgan fingerprint density at radius 1 is 1.16 bits per heavy atom. The number of halogens is 1. The largest absolute Gasteiger partial charge is 0.340 e. The highest BCUT2D eigenvalue weighted by atomic mass is 19.1. The fourth-order valence-electron chi connectivity index (χ4n) is 6.94. The first-order valence-corrected chi connectivity index (χ1v) is 17.7. The number of aromatic nitrogens is 2. The highest BCUT2D eigenvalue weighted by Crippen LogP contribution is 2.40. The molecule has 1 aliphatic heterocycles. The molecule has 0 unspecified atom stereocenters. The van der Waals surface area contributed by atoms with Gasteiger partial charge in [-0.25, -0.2) is 4.39 Å². The van der Waals surface area contributed by atoms with Crippen LogP contribution in [0, 0.1) is 33.9 Å². The first-order chi connectivity index (χ1) is 24.2. The van der Waals surface area contributed by atoms with Gasteiger partial charge in [0.1, 0.15) is 23.6 Å². The molecule has 1 saturated heterocycles. The summed E-state index contributed by atoms with van der Waals surface area (Å²) >= 11 is 0. The second kappa shape index (κ2) is 13.9. The van der Waals surface area contributed by atoms with Crippen LogP contribution in [0.1, 0.15) is 82.1 Å². The highest BCUT2D eigenvalue weighted by molar-refractivity contribution is 6.01. The van der Waals surface area contributed by atoms with Gasteiger partial charge in [0.05, 0.1) is 17.5 Å². The molecular formula is C39H46FN7O4. The summed E-state index contributed by atoms with van der Waals surface area (Å²) in [4.78, 5) is 58.9. The van der Waals surface area contributed by atoms with Crippen molar-refractivity contribution in [2.24, 2.45) is 16.7 Å². The predicted octanol–water partition coefficient (Wildman–Crippen LogP) is 5.61. The maximum atomic E-state index is 15.1. The second-order valence-electron chi connectivity index (χ2n) is 15.7. The van der Waals surface area contributed by atoms with Gasteiger partial charge < -0.3 is 20.4 Å². The summed E-state index contributed by atoms with van der Waals surface area (Å²) in [5, 5.41) is 20.8. The van der Waals surface area contributed by atoms with Gasteiger partial charge in [-0.3, -0.25) is 23.9 Å². The summed E-state index contributed by atoms with van der Waals surface area (Å²) in [7, 11) is 1.54. The molecule has 4 atom stereocenters. The van der Waals surface area contributed by atoms with Crippen LogP contribution in [0.5, 0.6) is 0 Å². The van der Waals surface area contributed by atoms with Crippen LogP contribution in [0.15, 0.2) is 61.3 Å². The molecule has 2 aliphatic carbocycles. The lowest BCUT2D eigenvalue weighted by Gasteiger charge is -2.37. The number of rotatable bonds is 12.